The van der Waals surface area contributed by atoms with Gasteiger partial charge in [0.05, 0.1) is 17.2 Å². The van der Waals surface area contributed by atoms with Crippen LogP contribution < -0.4 is 11.1 Å². The zero-order chi connectivity index (χ0) is 19.3. The number of nitrogen functional groups attached to an aromatic ring is 1. The molecule has 5 N–H and O–H groups in total. The van der Waals surface area contributed by atoms with Gasteiger partial charge in [0.1, 0.15) is 5.82 Å². The van der Waals surface area contributed by atoms with Crippen LogP contribution in [0.5, 0.6) is 0 Å². The van der Waals surface area contributed by atoms with Crippen LogP contribution in [-0.2, 0) is 6.54 Å². The number of hydrogen-bond donors (Lipinski definition) is 4. The van der Waals surface area contributed by atoms with Crippen LogP contribution in [0.4, 0.5) is 20.5 Å². The predicted octanol–water partition coefficient (Wildman–Crippen LogP) is 3.66. The van der Waals surface area contributed by atoms with E-state index in [1.807, 2.05) is 30.5 Å². The molecule has 4 aromatic rings. The second-order valence-corrected chi connectivity index (χ2v) is 6.93. The van der Waals surface area contributed by atoms with Gasteiger partial charge in [-0.1, -0.05) is 12.1 Å². The van der Waals surface area contributed by atoms with Crippen LogP contribution in [0.25, 0.3) is 22.2 Å². The van der Waals surface area contributed by atoms with Crippen molar-refractivity contribution in [1.29, 1.82) is 0 Å². The summed E-state index contributed by atoms with van der Waals surface area (Å²) in [5, 5.41) is 11.0. The highest BCUT2D eigenvalue weighted by molar-refractivity contribution is 5.83. The minimum atomic E-state index is -2.65. The van der Waals surface area contributed by atoms with E-state index in [9.17, 15) is 8.78 Å². The van der Waals surface area contributed by atoms with E-state index < -0.39 is 11.8 Å². The van der Waals surface area contributed by atoms with Gasteiger partial charge in [-0.05, 0) is 23.8 Å². The molecule has 0 bridgehead atoms. The fraction of sp³-hybridized carbons (Fsp3) is 0.211. The Bertz CT molecular complexity index is 1160. The minimum absolute atomic E-state index is 0.155. The number of rotatable bonds is 5. The number of nitrogens with zero attached hydrogens (tertiary/aromatic N) is 3. The van der Waals surface area contributed by atoms with E-state index >= 15 is 0 Å². The van der Waals surface area contributed by atoms with Gasteiger partial charge >= 0.3 is 0 Å². The lowest BCUT2D eigenvalue weighted by Crippen LogP contribution is -2.06. The van der Waals surface area contributed by atoms with E-state index in [0.29, 0.717) is 29.4 Å². The van der Waals surface area contributed by atoms with Gasteiger partial charge in [0.2, 0.25) is 5.95 Å². The van der Waals surface area contributed by atoms with Crippen LogP contribution in [0.2, 0.25) is 0 Å². The van der Waals surface area contributed by atoms with Gasteiger partial charge < -0.3 is 16.0 Å². The van der Waals surface area contributed by atoms with Gasteiger partial charge in [-0.3, -0.25) is 5.10 Å². The Balaban J connectivity index is 1.33. The number of hydrogen-bond acceptors (Lipinski definition) is 5. The van der Waals surface area contributed by atoms with Gasteiger partial charge in [0.15, 0.2) is 0 Å². The normalized spacial score (nSPS) is 17.7. The maximum Gasteiger partial charge on any atom is 0.257 e. The summed E-state index contributed by atoms with van der Waals surface area (Å²) in [7, 11) is 0. The molecule has 7 nitrogen and oxygen atoms in total. The standard InChI is InChI=1S/C19H17F2N7/c20-19(21)7-13(19)16-6-15(27-28-16)12-9-25-18(26-17(12)22)24-8-10-2-1-3-14-11(10)4-5-23-14/h1-6,9,13,23H,7-8H2,(H,27,28)(H3,22,24,25,26). The number of benzene rings is 1. The van der Waals surface area contributed by atoms with Crippen LogP contribution in [0.15, 0.2) is 42.7 Å². The molecule has 3 aromatic heterocycles. The van der Waals surface area contributed by atoms with Crippen molar-refractivity contribution in [3.63, 3.8) is 0 Å². The van der Waals surface area contributed by atoms with E-state index in [0.717, 1.165) is 16.5 Å². The van der Waals surface area contributed by atoms with Crippen LogP contribution in [0.3, 0.4) is 0 Å². The molecule has 0 radical (unpaired) electrons. The molecular formula is C19H17F2N7. The summed E-state index contributed by atoms with van der Waals surface area (Å²) in [6, 6.07) is 9.62. The van der Waals surface area contributed by atoms with Crippen molar-refractivity contribution in [1.82, 2.24) is 25.1 Å². The highest BCUT2D eigenvalue weighted by Crippen LogP contribution is 2.55. The first-order chi connectivity index (χ1) is 13.5. The summed E-state index contributed by atoms with van der Waals surface area (Å²) in [5.41, 5.74) is 9.58. The summed E-state index contributed by atoms with van der Waals surface area (Å²) < 4.78 is 26.4. The van der Waals surface area contributed by atoms with E-state index in [1.165, 1.54) is 0 Å². The smallest absolute Gasteiger partial charge is 0.257 e. The molecule has 1 fully saturated rings. The molecule has 1 unspecified atom stereocenters. The molecule has 1 saturated carbocycles. The molecule has 142 valence electrons. The van der Waals surface area contributed by atoms with Crippen LogP contribution >= 0.6 is 0 Å². The van der Waals surface area contributed by atoms with Gasteiger partial charge in [0.25, 0.3) is 5.92 Å². The van der Waals surface area contributed by atoms with Crippen LogP contribution in [-0.4, -0.2) is 31.1 Å². The molecule has 5 rings (SSSR count). The Morgan fingerprint density at radius 3 is 2.93 bits per heavy atom. The predicted molar refractivity (Wildman–Crippen MR) is 102 cm³/mol. The van der Waals surface area contributed by atoms with Crippen molar-refractivity contribution in [2.24, 2.45) is 0 Å². The maximum absolute atomic E-state index is 13.2. The molecule has 0 aliphatic heterocycles. The SMILES string of the molecule is Nc1nc(NCc2cccc3[nH]ccc23)ncc1-c1cc(C2CC2(F)F)[nH]n1. The van der Waals surface area contributed by atoms with Crippen LogP contribution in [0, 0.1) is 0 Å². The Hall–Kier alpha value is -3.49. The van der Waals surface area contributed by atoms with Crippen molar-refractivity contribution < 1.29 is 8.78 Å². The van der Waals surface area contributed by atoms with Crippen molar-refractivity contribution in [3.8, 4) is 11.3 Å². The lowest BCUT2D eigenvalue weighted by Gasteiger charge is -2.08. The third-order valence-electron chi connectivity index (χ3n) is 5.02. The highest BCUT2D eigenvalue weighted by atomic mass is 19.3. The van der Waals surface area contributed by atoms with E-state index in [2.05, 4.69) is 30.5 Å². The van der Waals surface area contributed by atoms with Gasteiger partial charge in [-0.2, -0.15) is 10.1 Å². The molecule has 0 saturated heterocycles. The van der Waals surface area contributed by atoms with Crippen molar-refractivity contribution in [2.75, 3.05) is 11.1 Å². The first kappa shape index (κ1) is 16.7. The average Bonchev–Trinajstić information content (AvgIpc) is 3.09. The average molecular weight is 381 g/mol. The number of anilines is 2. The largest absolute Gasteiger partial charge is 0.383 e. The third-order valence-corrected chi connectivity index (χ3v) is 5.02. The minimum Gasteiger partial charge on any atom is -0.383 e. The van der Waals surface area contributed by atoms with Crippen molar-refractivity contribution in [3.05, 3.63) is 54.0 Å². The number of nitrogens with one attached hydrogen (secondary N) is 3. The number of H-pyrrole nitrogens is 2. The first-order valence-corrected chi connectivity index (χ1v) is 8.86. The summed E-state index contributed by atoms with van der Waals surface area (Å²) in [5.74, 6) is -2.83. The van der Waals surface area contributed by atoms with Gasteiger partial charge in [-0.25, -0.2) is 13.8 Å². The number of aromatic nitrogens is 5. The van der Waals surface area contributed by atoms with Gasteiger partial charge in [-0.15, -0.1) is 0 Å². The molecular weight excluding hydrogens is 364 g/mol. The zero-order valence-corrected chi connectivity index (χ0v) is 14.7. The van der Waals surface area contributed by atoms with Crippen LogP contribution in [0.1, 0.15) is 23.6 Å². The highest BCUT2D eigenvalue weighted by Gasteiger charge is 2.58. The molecule has 1 aliphatic carbocycles. The second kappa shape index (κ2) is 6.01. The molecule has 0 amide bonds. The molecule has 9 heteroatoms. The number of halogens is 2. The molecule has 28 heavy (non-hydrogen) atoms. The number of aromatic amines is 2. The molecule has 1 atom stereocenters. The van der Waals surface area contributed by atoms with E-state index in [1.54, 1.807) is 12.3 Å². The fourth-order valence-electron chi connectivity index (χ4n) is 3.36. The van der Waals surface area contributed by atoms with E-state index in [-0.39, 0.29) is 12.2 Å². The van der Waals surface area contributed by atoms with Crippen molar-refractivity contribution in [2.45, 2.75) is 24.8 Å². The topological polar surface area (TPSA) is 108 Å². The van der Waals surface area contributed by atoms with Crippen molar-refractivity contribution >= 4 is 22.7 Å². The molecule has 1 aromatic carbocycles. The third kappa shape index (κ3) is 2.84. The Kier molecular flexibility index (Phi) is 3.58. The Labute approximate surface area is 158 Å². The summed E-state index contributed by atoms with van der Waals surface area (Å²) in [6.45, 7) is 0.539. The lowest BCUT2D eigenvalue weighted by molar-refractivity contribution is 0.111. The summed E-state index contributed by atoms with van der Waals surface area (Å²) in [6.07, 6.45) is 3.29. The Morgan fingerprint density at radius 2 is 2.14 bits per heavy atom. The quantitative estimate of drug-likeness (QED) is 0.422. The summed E-state index contributed by atoms with van der Waals surface area (Å²) in [4.78, 5) is 11.7. The van der Waals surface area contributed by atoms with Gasteiger partial charge in [0, 0.05) is 42.0 Å². The number of fused-ring (bicyclic) bond motifs is 1. The molecule has 1 aliphatic rings. The first-order valence-electron chi connectivity index (χ1n) is 8.86. The molecule has 3 heterocycles. The lowest BCUT2D eigenvalue weighted by atomic mass is 10.1. The fourth-order valence-corrected chi connectivity index (χ4v) is 3.36. The maximum atomic E-state index is 13.2. The number of nitrogens with two attached hydrogens (primary N) is 1. The monoisotopic (exact) mass is 381 g/mol. The molecule has 0 spiro atoms. The summed E-state index contributed by atoms with van der Waals surface area (Å²) >= 11 is 0. The van der Waals surface area contributed by atoms with E-state index in [4.69, 9.17) is 5.73 Å². The Morgan fingerprint density at radius 1 is 1.29 bits per heavy atom. The second-order valence-electron chi connectivity index (χ2n) is 6.93. The number of alkyl halides is 2. The zero-order valence-electron chi connectivity index (χ0n) is 14.7.